The van der Waals surface area contributed by atoms with E-state index in [-0.39, 0.29) is 5.02 Å². The summed E-state index contributed by atoms with van der Waals surface area (Å²) in [5.74, 6) is 0.587. The van der Waals surface area contributed by atoms with Crippen molar-refractivity contribution < 1.29 is 4.39 Å². The van der Waals surface area contributed by atoms with Gasteiger partial charge in [0.25, 0.3) is 0 Å². The molecule has 0 unspecified atom stereocenters. The summed E-state index contributed by atoms with van der Waals surface area (Å²) in [7, 11) is 0. The maximum absolute atomic E-state index is 13.3. The van der Waals surface area contributed by atoms with E-state index in [1.807, 2.05) is 30.3 Å². The van der Waals surface area contributed by atoms with Crippen molar-refractivity contribution >= 4 is 34.1 Å². The molecule has 0 aliphatic carbocycles. The van der Waals surface area contributed by atoms with Gasteiger partial charge in [0.05, 0.1) is 11.2 Å². The van der Waals surface area contributed by atoms with Crippen LogP contribution in [0.4, 0.5) is 15.9 Å². The molecule has 7 heteroatoms. The molecule has 4 aromatic rings. The molecule has 25 heavy (non-hydrogen) atoms. The first-order valence-corrected chi connectivity index (χ1v) is 7.84. The first-order valence-electron chi connectivity index (χ1n) is 7.46. The van der Waals surface area contributed by atoms with Gasteiger partial charge >= 0.3 is 0 Å². The third-order valence-electron chi connectivity index (χ3n) is 3.59. The Hall–Kier alpha value is -3.12. The van der Waals surface area contributed by atoms with Gasteiger partial charge in [-0.05, 0) is 18.2 Å². The molecule has 0 spiro atoms. The van der Waals surface area contributed by atoms with Gasteiger partial charge in [-0.2, -0.15) is 0 Å². The highest BCUT2D eigenvalue weighted by molar-refractivity contribution is 6.31. The van der Waals surface area contributed by atoms with Gasteiger partial charge in [0.15, 0.2) is 11.6 Å². The lowest BCUT2D eigenvalue weighted by molar-refractivity contribution is 0.628. The third-order valence-corrected chi connectivity index (χ3v) is 3.88. The van der Waals surface area contributed by atoms with Crippen LogP contribution < -0.4 is 5.32 Å². The number of anilines is 2. The minimum absolute atomic E-state index is 0.0305. The molecular weight excluding hydrogens is 341 g/mol. The zero-order chi connectivity index (χ0) is 17.2. The molecule has 4 rings (SSSR count). The zero-order valence-corrected chi connectivity index (χ0v) is 13.6. The molecule has 0 fully saturated rings. The van der Waals surface area contributed by atoms with Crippen molar-refractivity contribution in [3.8, 4) is 11.4 Å². The Morgan fingerprint density at radius 1 is 0.960 bits per heavy atom. The van der Waals surface area contributed by atoms with E-state index in [1.54, 1.807) is 12.3 Å². The molecule has 2 aromatic carbocycles. The topological polar surface area (TPSA) is 63.6 Å². The van der Waals surface area contributed by atoms with E-state index in [0.717, 1.165) is 5.56 Å². The molecule has 0 atom stereocenters. The lowest BCUT2D eigenvalue weighted by Gasteiger charge is -2.09. The number of rotatable bonds is 3. The second kappa shape index (κ2) is 6.41. The summed E-state index contributed by atoms with van der Waals surface area (Å²) in [6.45, 7) is 0. The molecule has 0 bridgehead atoms. The number of aromatic nitrogens is 4. The minimum atomic E-state index is -0.478. The van der Waals surface area contributed by atoms with E-state index in [1.165, 1.54) is 18.5 Å². The summed E-state index contributed by atoms with van der Waals surface area (Å²) in [5.41, 5.74) is 2.66. The average molecular weight is 352 g/mol. The Kier molecular flexibility index (Phi) is 3.95. The lowest BCUT2D eigenvalue weighted by Crippen LogP contribution is -2.00. The maximum Gasteiger partial charge on any atom is 0.160 e. The monoisotopic (exact) mass is 351 g/mol. The fourth-order valence-corrected chi connectivity index (χ4v) is 2.56. The molecule has 2 heterocycles. The Labute approximate surface area is 147 Å². The van der Waals surface area contributed by atoms with Crippen LogP contribution in [0.3, 0.4) is 0 Å². The number of fused-ring (bicyclic) bond motifs is 1. The molecule has 0 radical (unpaired) electrons. The van der Waals surface area contributed by atoms with E-state index in [9.17, 15) is 4.39 Å². The summed E-state index contributed by atoms with van der Waals surface area (Å²) in [4.78, 5) is 17.4. The Bertz CT molecular complexity index is 1060. The molecule has 0 aliphatic heterocycles. The quantitative estimate of drug-likeness (QED) is 0.583. The number of hydrogen-bond donors (Lipinski definition) is 1. The largest absolute Gasteiger partial charge is 0.338 e. The van der Waals surface area contributed by atoms with Crippen LogP contribution in [0.2, 0.25) is 5.02 Å². The Morgan fingerprint density at radius 2 is 1.80 bits per heavy atom. The molecule has 2 aromatic heterocycles. The van der Waals surface area contributed by atoms with Gasteiger partial charge in [-0.25, -0.2) is 24.3 Å². The van der Waals surface area contributed by atoms with Gasteiger partial charge in [0, 0.05) is 11.3 Å². The van der Waals surface area contributed by atoms with Crippen LogP contribution in [-0.2, 0) is 0 Å². The van der Waals surface area contributed by atoms with Gasteiger partial charge in [-0.1, -0.05) is 41.9 Å². The first kappa shape index (κ1) is 15.4. The van der Waals surface area contributed by atoms with Crippen molar-refractivity contribution in [1.29, 1.82) is 0 Å². The highest BCUT2D eigenvalue weighted by atomic mass is 35.5. The predicted octanol–water partition coefficient (Wildman–Crippen LogP) is 4.62. The SMILES string of the molecule is Fc1ccc(Nc2ncnc3cnc(-c4ccccc4)nc23)cc1Cl. The van der Waals surface area contributed by atoms with Crippen molar-refractivity contribution in [2.45, 2.75) is 0 Å². The summed E-state index contributed by atoms with van der Waals surface area (Å²) >= 11 is 5.83. The number of hydrogen-bond acceptors (Lipinski definition) is 5. The molecule has 0 saturated carbocycles. The van der Waals surface area contributed by atoms with Crippen molar-refractivity contribution in [1.82, 2.24) is 19.9 Å². The Balaban J connectivity index is 1.79. The van der Waals surface area contributed by atoms with E-state index < -0.39 is 5.82 Å². The highest BCUT2D eigenvalue weighted by Crippen LogP contribution is 2.26. The van der Waals surface area contributed by atoms with Crippen molar-refractivity contribution in [3.63, 3.8) is 0 Å². The fourth-order valence-electron chi connectivity index (χ4n) is 2.38. The van der Waals surface area contributed by atoms with E-state index in [4.69, 9.17) is 11.6 Å². The predicted molar refractivity (Wildman–Crippen MR) is 95.3 cm³/mol. The highest BCUT2D eigenvalue weighted by Gasteiger charge is 2.10. The molecule has 0 aliphatic rings. The second-order valence-corrected chi connectivity index (χ2v) is 5.68. The number of nitrogens with zero attached hydrogens (tertiary/aromatic N) is 4. The molecule has 122 valence electrons. The zero-order valence-electron chi connectivity index (χ0n) is 12.8. The summed E-state index contributed by atoms with van der Waals surface area (Å²) in [6, 6.07) is 14.0. The summed E-state index contributed by atoms with van der Waals surface area (Å²) in [5, 5.41) is 3.13. The van der Waals surface area contributed by atoms with Crippen LogP contribution in [0.15, 0.2) is 61.1 Å². The van der Waals surface area contributed by atoms with Crippen LogP contribution in [0.1, 0.15) is 0 Å². The average Bonchev–Trinajstić information content (AvgIpc) is 2.65. The number of nitrogens with one attached hydrogen (secondary N) is 1. The summed E-state index contributed by atoms with van der Waals surface area (Å²) < 4.78 is 13.3. The lowest BCUT2D eigenvalue weighted by atomic mass is 10.2. The third kappa shape index (κ3) is 3.12. The van der Waals surface area contributed by atoms with Crippen LogP contribution in [0.25, 0.3) is 22.4 Å². The van der Waals surface area contributed by atoms with Crippen LogP contribution in [0.5, 0.6) is 0 Å². The van der Waals surface area contributed by atoms with Gasteiger partial charge in [-0.15, -0.1) is 0 Å². The van der Waals surface area contributed by atoms with E-state index >= 15 is 0 Å². The van der Waals surface area contributed by atoms with E-state index in [0.29, 0.717) is 28.4 Å². The molecule has 1 N–H and O–H groups in total. The smallest absolute Gasteiger partial charge is 0.160 e. The minimum Gasteiger partial charge on any atom is -0.338 e. The maximum atomic E-state index is 13.3. The van der Waals surface area contributed by atoms with Gasteiger partial charge in [0.2, 0.25) is 0 Å². The number of halogens is 2. The van der Waals surface area contributed by atoms with Crippen LogP contribution in [0, 0.1) is 5.82 Å². The van der Waals surface area contributed by atoms with E-state index in [2.05, 4.69) is 25.3 Å². The second-order valence-electron chi connectivity index (χ2n) is 5.27. The Morgan fingerprint density at radius 3 is 2.60 bits per heavy atom. The number of benzene rings is 2. The standard InChI is InChI=1S/C18H11ClFN5/c19-13-8-12(6-7-14(13)20)24-18-16-15(22-10-23-18)9-21-17(25-16)11-4-2-1-3-5-11/h1-10H,(H,22,23,24). The normalized spacial score (nSPS) is 10.8. The van der Waals surface area contributed by atoms with Gasteiger partial charge < -0.3 is 5.32 Å². The molecule has 5 nitrogen and oxygen atoms in total. The fraction of sp³-hybridized carbons (Fsp3) is 0. The van der Waals surface area contributed by atoms with Crippen molar-refractivity contribution in [2.75, 3.05) is 5.32 Å². The van der Waals surface area contributed by atoms with Crippen LogP contribution >= 0.6 is 11.6 Å². The van der Waals surface area contributed by atoms with Crippen molar-refractivity contribution in [3.05, 3.63) is 71.9 Å². The molecule has 0 amide bonds. The van der Waals surface area contributed by atoms with Crippen LogP contribution in [-0.4, -0.2) is 19.9 Å². The summed E-state index contributed by atoms with van der Waals surface area (Å²) in [6.07, 6.45) is 3.07. The first-order chi connectivity index (χ1) is 12.2. The van der Waals surface area contributed by atoms with Gasteiger partial charge in [0.1, 0.15) is 23.2 Å². The van der Waals surface area contributed by atoms with Crippen molar-refractivity contribution in [2.24, 2.45) is 0 Å². The molecular formula is C18H11ClFN5. The van der Waals surface area contributed by atoms with Gasteiger partial charge in [-0.3, -0.25) is 0 Å². The molecule has 0 saturated heterocycles.